The van der Waals surface area contributed by atoms with Crippen molar-refractivity contribution >= 4 is 35.0 Å². The van der Waals surface area contributed by atoms with Crippen LogP contribution in [0.25, 0.3) is 6.08 Å². The second kappa shape index (κ2) is 6.82. The average molecular weight is 321 g/mol. The van der Waals surface area contributed by atoms with Crippen molar-refractivity contribution in [2.75, 3.05) is 5.32 Å². The number of hydrogen-bond acceptors (Lipinski definition) is 3. The number of non-ortho nitro benzene ring substituents is 1. The second-order valence-corrected chi connectivity index (χ2v) is 4.67. The fourth-order valence-electron chi connectivity index (χ4n) is 1.71. The Morgan fingerprint density at radius 2 is 2.00 bits per heavy atom. The zero-order valence-corrected chi connectivity index (χ0v) is 11.9. The van der Waals surface area contributed by atoms with Crippen molar-refractivity contribution in [2.24, 2.45) is 0 Å². The van der Waals surface area contributed by atoms with Gasteiger partial charge in [0, 0.05) is 29.5 Å². The van der Waals surface area contributed by atoms with Crippen LogP contribution in [0.2, 0.25) is 5.02 Å². The lowest BCUT2D eigenvalue weighted by Crippen LogP contribution is -2.08. The number of nitro groups is 1. The van der Waals surface area contributed by atoms with Gasteiger partial charge in [-0.2, -0.15) is 0 Å². The molecule has 2 aromatic rings. The summed E-state index contributed by atoms with van der Waals surface area (Å²) in [6.45, 7) is 0. The van der Waals surface area contributed by atoms with E-state index in [1.54, 1.807) is 0 Å². The van der Waals surface area contributed by atoms with E-state index in [2.05, 4.69) is 5.32 Å². The fraction of sp³-hybridized carbons (Fsp3) is 0. The molecule has 0 radical (unpaired) electrons. The van der Waals surface area contributed by atoms with Gasteiger partial charge in [-0.1, -0.05) is 23.7 Å². The average Bonchev–Trinajstić information content (AvgIpc) is 2.47. The monoisotopic (exact) mass is 320 g/mol. The largest absolute Gasteiger partial charge is 0.322 e. The molecule has 1 N–H and O–H groups in total. The summed E-state index contributed by atoms with van der Waals surface area (Å²) in [5.74, 6) is -1.10. The summed E-state index contributed by atoms with van der Waals surface area (Å²) in [5.41, 5.74) is 0.223. The SMILES string of the molecule is O=C(/C=C\c1c(F)cccc1Cl)Nc1cccc([N+](=O)[O-])c1. The number of halogens is 2. The molecule has 2 rings (SSSR count). The summed E-state index contributed by atoms with van der Waals surface area (Å²) in [6.07, 6.45) is 2.34. The third kappa shape index (κ3) is 3.89. The highest BCUT2D eigenvalue weighted by Crippen LogP contribution is 2.21. The van der Waals surface area contributed by atoms with E-state index < -0.39 is 16.6 Å². The van der Waals surface area contributed by atoms with Gasteiger partial charge >= 0.3 is 0 Å². The van der Waals surface area contributed by atoms with Gasteiger partial charge in [-0.3, -0.25) is 14.9 Å². The Kier molecular flexibility index (Phi) is 4.85. The normalized spacial score (nSPS) is 10.6. The number of carbonyl (C=O) groups is 1. The highest BCUT2D eigenvalue weighted by molar-refractivity contribution is 6.32. The van der Waals surface area contributed by atoms with Crippen LogP contribution in [0.1, 0.15) is 5.56 Å². The maximum atomic E-state index is 13.5. The van der Waals surface area contributed by atoms with Crippen LogP contribution in [-0.4, -0.2) is 10.8 Å². The van der Waals surface area contributed by atoms with Crippen LogP contribution in [0.15, 0.2) is 48.5 Å². The first-order valence-electron chi connectivity index (χ1n) is 6.15. The predicted octanol–water partition coefficient (Wildman–Crippen LogP) is 4.04. The van der Waals surface area contributed by atoms with Gasteiger partial charge in [0.25, 0.3) is 5.69 Å². The third-order valence-corrected chi connectivity index (χ3v) is 3.06. The van der Waals surface area contributed by atoms with Crippen LogP contribution >= 0.6 is 11.6 Å². The van der Waals surface area contributed by atoms with E-state index >= 15 is 0 Å². The van der Waals surface area contributed by atoms with Crippen molar-refractivity contribution in [3.8, 4) is 0 Å². The molecule has 0 aliphatic heterocycles. The van der Waals surface area contributed by atoms with E-state index in [1.165, 1.54) is 48.5 Å². The van der Waals surface area contributed by atoms with E-state index in [-0.39, 0.29) is 22.0 Å². The van der Waals surface area contributed by atoms with Gasteiger partial charge in [0.05, 0.1) is 9.95 Å². The molecule has 2 aromatic carbocycles. The highest BCUT2D eigenvalue weighted by atomic mass is 35.5. The predicted molar refractivity (Wildman–Crippen MR) is 82.2 cm³/mol. The van der Waals surface area contributed by atoms with Crippen LogP contribution < -0.4 is 5.32 Å². The van der Waals surface area contributed by atoms with Gasteiger partial charge in [-0.15, -0.1) is 0 Å². The molecule has 0 spiro atoms. The maximum absolute atomic E-state index is 13.5. The minimum atomic E-state index is -0.565. The van der Waals surface area contributed by atoms with Gasteiger partial charge in [0.1, 0.15) is 5.82 Å². The molecule has 5 nitrogen and oxygen atoms in total. The Balaban J connectivity index is 2.12. The number of hydrogen-bond donors (Lipinski definition) is 1. The molecule has 112 valence electrons. The van der Waals surface area contributed by atoms with Crippen molar-refractivity contribution in [1.29, 1.82) is 0 Å². The molecule has 0 aromatic heterocycles. The number of anilines is 1. The first-order chi connectivity index (χ1) is 10.5. The Hall–Kier alpha value is -2.73. The minimum absolute atomic E-state index is 0.0957. The fourth-order valence-corrected chi connectivity index (χ4v) is 1.94. The number of rotatable bonds is 4. The molecular formula is C15H10ClFN2O3. The van der Waals surface area contributed by atoms with Crippen molar-refractivity contribution in [1.82, 2.24) is 0 Å². The van der Waals surface area contributed by atoms with Gasteiger partial charge in [-0.05, 0) is 24.3 Å². The number of amides is 1. The lowest BCUT2D eigenvalue weighted by atomic mass is 10.2. The minimum Gasteiger partial charge on any atom is -0.322 e. The quantitative estimate of drug-likeness (QED) is 0.525. The van der Waals surface area contributed by atoms with E-state index in [0.29, 0.717) is 0 Å². The zero-order chi connectivity index (χ0) is 16.1. The molecule has 0 fully saturated rings. The standard InChI is InChI=1S/C15H10ClFN2O3/c16-13-5-2-6-14(17)12(13)7-8-15(20)18-10-3-1-4-11(9-10)19(21)22/h1-9H,(H,18,20)/b8-7-. The summed E-state index contributed by atoms with van der Waals surface area (Å²) < 4.78 is 13.5. The smallest absolute Gasteiger partial charge is 0.271 e. The molecule has 7 heteroatoms. The molecule has 0 atom stereocenters. The topological polar surface area (TPSA) is 72.2 Å². The van der Waals surface area contributed by atoms with Crippen LogP contribution in [0.4, 0.5) is 15.8 Å². The van der Waals surface area contributed by atoms with Crippen molar-refractivity contribution in [3.05, 3.63) is 75.1 Å². The summed E-state index contributed by atoms with van der Waals surface area (Å²) in [7, 11) is 0. The third-order valence-electron chi connectivity index (χ3n) is 2.73. The van der Waals surface area contributed by atoms with Crippen LogP contribution in [0.3, 0.4) is 0 Å². The molecule has 1 amide bonds. The highest BCUT2D eigenvalue weighted by Gasteiger charge is 2.07. The van der Waals surface area contributed by atoms with Gasteiger partial charge in [0.15, 0.2) is 0 Å². The number of nitrogens with zero attached hydrogens (tertiary/aromatic N) is 1. The number of nitrogens with one attached hydrogen (secondary N) is 1. The molecule has 22 heavy (non-hydrogen) atoms. The van der Waals surface area contributed by atoms with Crippen molar-refractivity contribution < 1.29 is 14.1 Å². The Morgan fingerprint density at radius 1 is 1.27 bits per heavy atom. The van der Waals surface area contributed by atoms with Gasteiger partial charge < -0.3 is 5.32 Å². The van der Waals surface area contributed by atoms with E-state index in [4.69, 9.17) is 11.6 Å². The lowest BCUT2D eigenvalue weighted by Gasteiger charge is -2.02. The summed E-state index contributed by atoms with van der Waals surface area (Å²) in [4.78, 5) is 21.8. The summed E-state index contributed by atoms with van der Waals surface area (Å²) in [6, 6.07) is 9.68. The summed E-state index contributed by atoms with van der Waals surface area (Å²) in [5, 5.41) is 13.3. The first kappa shape index (κ1) is 15.7. The molecular weight excluding hydrogens is 311 g/mol. The Bertz CT molecular complexity index is 742. The number of carbonyl (C=O) groups excluding carboxylic acids is 1. The van der Waals surface area contributed by atoms with Crippen LogP contribution in [0.5, 0.6) is 0 Å². The first-order valence-corrected chi connectivity index (χ1v) is 6.52. The Morgan fingerprint density at radius 3 is 2.68 bits per heavy atom. The van der Waals surface area contributed by atoms with Crippen LogP contribution in [-0.2, 0) is 4.79 Å². The molecule has 0 heterocycles. The lowest BCUT2D eigenvalue weighted by molar-refractivity contribution is -0.384. The van der Waals surface area contributed by atoms with Crippen LogP contribution in [0, 0.1) is 15.9 Å². The van der Waals surface area contributed by atoms with Crippen molar-refractivity contribution in [2.45, 2.75) is 0 Å². The number of benzene rings is 2. The molecule has 0 unspecified atom stereocenters. The zero-order valence-electron chi connectivity index (χ0n) is 11.1. The van der Waals surface area contributed by atoms with E-state index in [0.717, 1.165) is 6.08 Å². The number of nitro benzene ring substituents is 1. The molecule has 0 aliphatic rings. The molecule has 0 saturated heterocycles. The van der Waals surface area contributed by atoms with Gasteiger partial charge in [-0.25, -0.2) is 4.39 Å². The molecule has 0 bridgehead atoms. The van der Waals surface area contributed by atoms with Crippen molar-refractivity contribution in [3.63, 3.8) is 0 Å². The maximum Gasteiger partial charge on any atom is 0.271 e. The second-order valence-electron chi connectivity index (χ2n) is 4.27. The summed E-state index contributed by atoms with van der Waals surface area (Å²) >= 11 is 5.83. The van der Waals surface area contributed by atoms with E-state index in [9.17, 15) is 19.3 Å². The Labute approximate surface area is 130 Å². The molecule has 0 aliphatic carbocycles. The van der Waals surface area contributed by atoms with E-state index in [1.807, 2.05) is 0 Å². The molecule has 0 saturated carbocycles. The van der Waals surface area contributed by atoms with Gasteiger partial charge in [0.2, 0.25) is 5.91 Å².